The summed E-state index contributed by atoms with van der Waals surface area (Å²) in [6.45, 7) is 12.5. The van der Waals surface area contributed by atoms with Crippen molar-refractivity contribution in [1.82, 2.24) is 0 Å². The van der Waals surface area contributed by atoms with Gasteiger partial charge in [0.25, 0.3) is 9.84 Å². The second-order valence-corrected chi connectivity index (χ2v) is 12.6. The van der Waals surface area contributed by atoms with Crippen molar-refractivity contribution in [1.29, 1.82) is 0 Å². The number of ether oxygens (including phenoxy) is 1. The van der Waals surface area contributed by atoms with E-state index in [2.05, 4.69) is 56.7 Å². The highest BCUT2D eigenvalue weighted by Gasteiger charge is 2.16. The Labute approximate surface area is 295 Å². The number of benzene rings is 4. The van der Waals surface area contributed by atoms with Crippen LogP contribution in [0.2, 0.25) is 0 Å². The Morgan fingerprint density at radius 1 is 0.673 bits per heavy atom. The second-order valence-electron chi connectivity index (χ2n) is 10.1. The lowest BCUT2D eigenvalue weighted by molar-refractivity contribution is -0.193. The van der Waals surface area contributed by atoms with Gasteiger partial charge in [0.15, 0.2) is 0 Å². The summed E-state index contributed by atoms with van der Waals surface area (Å²) in [6, 6.07) is 29.9. The Balaban J connectivity index is 0.000000700. The highest BCUT2D eigenvalue weighted by atomic mass is 79.9. The van der Waals surface area contributed by atoms with Crippen LogP contribution >= 0.6 is 15.9 Å². The van der Waals surface area contributed by atoms with Gasteiger partial charge in [-0.1, -0.05) is 105 Å². The number of carbonyl (C=O) groups excluding carboxylic acids is 6. The van der Waals surface area contributed by atoms with Crippen LogP contribution in [-0.4, -0.2) is 45.5 Å². The van der Waals surface area contributed by atoms with Gasteiger partial charge >= 0.3 is 24.1 Å². The van der Waals surface area contributed by atoms with Crippen molar-refractivity contribution in [2.45, 2.75) is 43.8 Å². The normalized spacial score (nSPS) is 9.31. The first kappa shape index (κ1) is 43.7. The SMILES string of the molecule is COC(=O)c1ccc(CC(=O)Cc2ccc(C)cc2)cc1.Cc1ccc(CBr)cc1.O=C=O.O=C=O.[C-]#[N+]CS(=O)(=O)c1ccc(C)cc1. The highest BCUT2D eigenvalue weighted by molar-refractivity contribution is 9.08. The molecule has 0 N–H and O–H groups in total. The molecule has 0 radical (unpaired) electrons. The van der Waals surface area contributed by atoms with Crippen LogP contribution in [0.4, 0.5) is 0 Å². The molecule has 0 atom stereocenters. The number of alkyl halides is 1. The van der Waals surface area contributed by atoms with E-state index in [1.165, 1.54) is 35.9 Å². The molecule has 0 unspecified atom stereocenters. The summed E-state index contributed by atoms with van der Waals surface area (Å²) in [5.41, 5.74) is 7.26. The number of methoxy groups -OCH3 is 1. The molecule has 4 aromatic carbocycles. The van der Waals surface area contributed by atoms with Gasteiger partial charge in [0, 0.05) is 18.2 Å². The maximum absolute atomic E-state index is 12.1. The third-order valence-corrected chi connectivity index (χ3v) is 8.29. The molecule has 49 heavy (non-hydrogen) atoms. The smallest absolute Gasteiger partial charge is 0.373 e. The van der Waals surface area contributed by atoms with Crippen molar-refractivity contribution in [3.63, 3.8) is 0 Å². The predicted molar refractivity (Wildman–Crippen MR) is 185 cm³/mol. The van der Waals surface area contributed by atoms with Crippen molar-refractivity contribution in [3.05, 3.63) is 147 Å². The van der Waals surface area contributed by atoms with Crippen molar-refractivity contribution >= 4 is 49.8 Å². The van der Waals surface area contributed by atoms with Crippen LogP contribution < -0.4 is 0 Å². The van der Waals surface area contributed by atoms with Crippen molar-refractivity contribution in [3.8, 4) is 0 Å². The third kappa shape index (κ3) is 19.2. The minimum Gasteiger partial charge on any atom is -0.465 e. The number of rotatable bonds is 8. The van der Waals surface area contributed by atoms with E-state index in [0.29, 0.717) is 18.4 Å². The minimum atomic E-state index is -3.38. The molecule has 0 fully saturated rings. The molecule has 10 nitrogen and oxygen atoms in total. The van der Waals surface area contributed by atoms with E-state index < -0.39 is 15.7 Å². The minimum absolute atomic E-state index is 0.157. The lowest BCUT2D eigenvalue weighted by Crippen LogP contribution is -2.07. The fraction of sp³-hybridized carbons (Fsp3) is 0.216. The number of carbonyl (C=O) groups is 2. The Morgan fingerprint density at radius 2 is 1.02 bits per heavy atom. The quantitative estimate of drug-likeness (QED) is 0.112. The van der Waals surface area contributed by atoms with E-state index in [1.54, 1.807) is 36.4 Å². The van der Waals surface area contributed by atoms with Gasteiger partial charge in [-0.25, -0.2) is 19.8 Å². The first-order chi connectivity index (χ1) is 23.3. The Morgan fingerprint density at radius 3 is 1.37 bits per heavy atom. The second kappa shape index (κ2) is 24.8. The highest BCUT2D eigenvalue weighted by Crippen LogP contribution is 2.12. The molecule has 0 bridgehead atoms. The molecule has 0 saturated heterocycles. The number of hydrogen-bond donors (Lipinski definition) is 0. The zero-order valence-electron chi connectivity index (χ0n) is 27.5. The molecule has 256 valence electrons. The molecule has 0 spiro atoms. The summed E-state index contributed by atoms with van der Waals surface area (Å²) in [6.07, 6.45) is 1.30. The number of Topliss-reactive ketones (excluding diaryl/α,β-unsaturated/α-hetero) is 1. The van der Waals surface area contributed by atoms with Gasteiger partial charge < -0.3 is 4.74 Å². The first-order valence-corrected chi connectivity index (χ1v) is 17.0. The zero-order valence-corrected chi connectivity index (χ0v) is 29.9. The lowest BCUT2D eigenvalue weighted by Gasteiger charge is -2.04. The fourth-order valence-corrected chi connectivity index (χ4v) is 4.93. The molecular formula is C37H36BrNO9S. The monoisotopic (exact) mass is 749 g/mol. The predicted octanol–water partition coefficient (Wildman–Crippen LogP) is 6.50. The summed E-state index contributed by atoms with van der Waals surface area (Å²) in [5, 5.41) is 0.952. The van der Waals surface area contributed by atoms with E-state index in [9.17, 15) is 18.0 Å². The van der Waals surface area contributed by atoms with Gasteiger partial charge in [-0.05, 0) is 61.7 Å². The van der Waals surface area contributed by atoms with E-state index in [4.69, 9.17) is 25.8 Å². The Bertz CT molecular complexity index is 1790. The number of nitrogens with zero attached hydrogens (tertiary/aromatic N) is 1. The molecule has 0 saturated carbocycles. The van der Waals surface area contributed by atoms with Crippen LogP contribution in [0.25, 0.3) is 4.85 Å². The van der Waals surface area contributed by atoms with Crippen molar-refractivity contribution in [2.75, 3.05) is 13.0 Å². The van der Waals surface area contributed by atoms with Crippen molar-refractivity contribution < 1.29 is 41.9 Å². The topological polar surface area (TPSA) is 150 Å². The average molecular weight is 751 g/mol. The van der Waals surface area contributed by atoms with Crippen LogP contribution in [0, 0.1) is 27.3 Å². The number of esters is 1. The van der Waals surface area contributed by atoms with Gasteiger partial charge in [0.1, 0.15) is 5.78 Å². The number of hydrogen-bond acceptors (Lipinski definition) is 9. The van der Waals surface area contributed by atoms with Gasteiger partial charge in [0.05, 0.1) is 17.6 Å². The van der Waals surface area contributed by atoms with E-state index in [-0.39, 0.29) is 29.0 Å². The van der Waals surface area contributed by atoms with Crippen molar-refractivity contribution in [2.24, 2.45) is 0 Å². The molecular weight excluding hydrogens is 714 g/mol. The number of ketones is 1. The maximum atomic E-state index is 12.1. The number of sulfone groups is 1. The molecule has 12 heteroatoms. The number of aryl methyl sites for hydroxylation is 3. The van der Waals surface area contributed by atoms with E-state index in [0.717, 1.165) is 22.0 Å². The van der Waals surface area contributed by atoms with Crippen LogP contribution in [0.1, 0.15) is 43.7 Å². The van der Waals surface area contributed by atoms with E-state index in [1.807, 2.05) is 38.1 Å². The standard InChI is InChI=1S/C18H18O3.C9H9NO2S.C8H9Br.2CO2/c1-13-3-5-14(6-4-13)11-17(19)12-15-7-9-16(10-8-15)18(20)21-2;1-8-3-5-9(6-4-8)13(11,12)7-10-2;1-7-2-4-8(6-9)5-3-7;2*2-1-3/h3-10H,11-12H2,1-2H3;3-6H,7H2,1H3;2-5H,6H2,1H3;;. The van der Waals surface area contributed by atoms with Gasteiger partial charge in [-0.2, -0.15) is 19.2 Å². The Kier molecular flexibility index (Phi) is 22.1. The third-order valence-electron chi connectivity index (χ3n) is 6.19. The summed E-state index contributed by atoms with van der Waals surface area (Å²) >= 11 is 3.38. The van der Waals surface area contributed by atoms with Gasteiger partial charge in [-0.3, -0.25) is 9.64 Å². The molecule has 4 rings (SSSR count). The zero-order chi connectivity index (χ0) is 37.2. The summed E-state index contributed by atoms with van der Waals surface area (Å²) in [4.78, 5) is 59.0. The summed E-state index contributed by atoms with van der Waals surface area (Å²) in [7, 11) is -2.03. The first-order valence-electron chi connectivity index (χ1n) is 14.3. The van der Waals surface area contributed by atoms with Crippen LogP contribution in [-0.2, 0) is 56.7 Å². The largest absolute Gasteiger partial charge is 0.465 e. The fourth-order valence-electron chi connectivity index (χ4n) is 3.68. The molecule has 0 aliphatic heterocycles. The molecule has 0 heterocycles. The average Bonchev–Trinajstić information content (AvgIpc) is 3.08. The van der Waals surface area contributed by atoms with Crippen LogP contribution in [0.3, 0.4) is 0 Å². The molecule has 0 aliphatic rings. The van der Waals surface area contributed by atoms with Gasteiger partial charge in [-0.15, -0.1) is 0 Å². The molecule has 0 aliphatic carbocycles. The molecule has 0 amide bonds. The molecule has 0 aromatic heterocycles. The summed E-state index contributed by atoms with van der Waals surface area (Å²) in [5.74, 6) is -0.687. The maximum Gasteiger partial charge on any atom is 0.373 e. The molecule has 4 aromatic rings. The van der Waals surface area contributed by atoms with Gasteiger partial charge in [0.2, 0.25) is 0 Å². The number of halogens is 1. The Hall–Kier alpha value is -5.30. The summed E-state index contributed by atoms with van der Waals surface area (Å²) < 4.78 is 27.3. The lowest BCUT2D eigenvalue weighted by atomic mass is 10.0. The van der Waals surface area contributed by atoms with Crippen LogP contribution in [0.15, 0.2) is 102 Å². The van der Waals surface area contributed by atoms with E-state index >= 15 is 0 Å². The van der Waals surface area contributed by atoms with Crippen LogP contribution in [0.5, 0.6) is 0 Å².